The van der Waals surface area contributed by atoms with E-state index in [2.05, 4.69) is 21.2 Å². The lowest BCUT2D eigenvalue weighted by Crippen LogP contribution is -2.16. The van der Waals surface area contributed by atoms with Gasteiger partial charge >= 0.3 is 6.18 Å². The van der Waals surface area contributed by atoms with Crippen LogP contribution in [0.15, 0.2) is 40.2 Å². The molecule has 0 aliphatic carbocycles. The first-order valence-corrected chi connectivity index (χ1v) is 7.12. The van der Waals surface area contributed by atoms with Crippen LogP contribution in [-0.4, -0.2) is 7.05 Å². The molecule has 2 rings (SSSR count). The lowest BCUT2D eigenvalue weighted by molar-refractivity contribution is -0.137. The zero-order chi connectivity index (χ0) is 14.0. The predicted octanol–water partition coefficient (Wildman–Crippen LogP) is 4.84. The van der Waals surface area contributed by atoms with Gasteiger partial charge in [-0.05, 0) is 52.8 Å². The maximum Gasteiger partial charge on any atom is 0.416 e. The number of hydrogen-bond acceptors (Lipinski definition) is 2. The molecule has 0 saturated heterocycles. The molecule has 1 heterocycles. The highest BCUT2D eigenvalue weighted by molar-refractivity contribution is 9.11. The lowest BCUT2D eigenvalue weighted by Gasteiger charge is -2.16. The van der Waals surface area contributed by atoms with Gasteiger partial charge in [0.25, 0.3) is 0 Å². The van der Waals surface area contributed by atoms with E-state index in [-0.39, 0.29) is 6.04 Å². The number of nitrogens with one attached hydrogen (secondary N) is 1. The molecule has 1 aromatic carbocycles. The molecule has 1 N–H and O–H groups in total. The van der Waals surface area contributed by atoms with Gasteiger partial charge in [0, 0.05) is 4.88 Å². The molecular formula is C13H11BrF3NS. The van der Waals surface area contributed by atoms with Crippen molar-refractivity contribution in [3.8, 4) is 0 Å². The molecule has 0 aliphatic rings. The molecule has 1 atom stereocenters. The summed E-state index contributed by atoms with van der Waals surface area (Å²) in [6.07, 6.45) is -4.29. The third-order valence-corrected chi connectivity index (χ3v) is 4.43. The van der Waals surface area contributed by atoms with Gasteiger partial charge in [-0.3, -0.25) is 0 Å². The summed E-state index contributed by atoms with van der Waals surface area (Å²) in [5.41, 5.74) is 0.184. The van der Waals surface area contributed by atoms with Crippen LogP contribution in [0.4, 0.5) is 13.2 Å². The van der Waals surface area contributed by atoms with E-state index in [0.29, 0.717) is 0 Å². The van der Waals surface area contributed by atoms with Crippen molar-refractivity contribution in [2.45, 2.75) is 12.2 Å². The summed E-state index contributed by atoms with van der Waals surface area (Å²) < 4.78 is 38.5. The monoisotopic (exact) mass is 349 g/mol. The summed E-state index contributed by atoms with van der Waals surface area (Å²) in [5, 5.41) is 3.11. The molecule has 6 heteroatoms. The average Bonchev–Trinajstić information content (AvgIpc) is 2.76. The third kappa shape index (κ3) is 3.38. The largest absolute Gasteiger partial charge is 0.416 e. The lowest BCUT2D eigenvalue weighted by atomic mass is 10.0. The summed E-state index contributed by atoms with van der Waals surface area (Å²) in [7, 11) is 1.79. The van der Waals surface area contributed by atoms with Crippen LogP contribution in [0.2, 0.25) is 0 Å². The van der Waals surface area contributed by atoms with Crippen molar-refractivity contribution < 1.29 is 13.2 Å². The Balaban J connectivity index is 2.30. The van der Waals surface area contributed by atoms with Gasteiger partial charge in [-0.2, -0.15) is 13.2 Å². The molecule has 0 amide bonds. The second-order valence-corrected chi connectivity index (χ2v) is 6.48. The normalized spacial score (nSPS) is 13.5. The smallest absolute Gasteiger partial charge is 0.309 e. The second kappa shape index (κ2) is 5.64. The van der Waals surface area contributed by atoms with E-state index >= 15 is 0 Å². The molecule has 1 unspecified atom stereocenters. The van der Waals surface area contributed by atoms with Crippen LogP contribution in [-0.2, 0) is 6.18 Å². The zero-order valence-electron chi connectivity index (χ0n) is 9.96. The van der Waals surface area contributed by atoms with Crippen LogP contribution >= 0.6 is 27.3 Å². The van der Waals surface area contributed by atoms with E-state index in [0.717, 1.165) is 26.4 Å². The Morgan fingerprint density at radius 2 is 1.74 bits per heavy atom. The standard InChI is InChI=1S/C13H11BrF3NS/c1-18-12(10-6-7-11(14)19-10)8-2-4-9(5-3-8)13(15,16)17/h2-7,12,18H,1H3. The topological polar surface area (TPSA) is 12.0 Å². The van der Waals surface area contributed by atoms with Crippen LogP contribution in [0.3, 0.4) is 0 Å². The van der Waals surface area contributed by atoms with E-state index in [1.807, 2.05) is 12.1 Å². The molecule has 1 aromatic heterocycles. The van der Waals surface area contributed by atoms with Crippen LogP contribution in [0.5, 0.6) is 0 Å². The van der Waals surface area contributed by atoms with Crippen LogP contribution in [0.25, 0.3) is 0 Å². The Bertz CT molecular complexity index is 548. The van der Waals surface area contributed by atoms with Crippen molar-refractivity contribution in [2.24, 2.45) is 0 Å². The van der Waals surface area contributed by atoms with E-state index in [1.165, 1.54) is 12.1 Å². The van der Waals surface area contributed by atoms with Gasteiger partial charge in [0.2, 0.25) is 0 Å². The third-order valence-electron chi connectivity index (χ3n) is 2.74. The molecular weight excluding hydrogens is 339 g/mol. The van der Waals surface area contributed by atoms with Crippen LogP contribution < -0.4 is 5.32 Å². The summed E-state index contributed by atoms with van der Waals surface area (Å²) in [4.78, 5) is 1.05. The van der Waals surface area contributed by atoms with Gasteiger partial charge in [-0.1, -0.05) is 12.1 Å². The molecule has 1 nitrogen and oxygen atoms in total. The first-order chi connectivity index (χ1) is 8.91. The van der Waals surface area contributed by atoms with Crippen LogP contribution in [0, 0.1) is 0 Å². The van der Waals surface area contributed by atoms with Crippen molar-refractivity contribution in [3.05, 3.63) is 56.2 Å². The molecule has 0 bridgehead atoms. The highest BCUT2D eigenvalue weighted by atomic mass is 79.9. The van der Waals surface area contributed by atoms with Crippen molar-refractivity contribution in [1.82, 2.24) is 5.32 Å². The number of rotatable bonds is 3. The number of hydrogen-bond donors (Lipinski definition) is 1. The molecule has 0 fully saturated rings. The number of benzene rings is 1. The molecule has 2 aromatic rings. The average molecular weight is 350 g/mol. The molecule has 0 radical (unpaired) electrons. The molecule has 0 aliphatic heterocycles. The van der Waals surface area contributed by atoms with Gasteiger partial charge < -0.3 is 5.32 Å². The SMILES string of the molecule is CNC(c1ccc(C(F)(F)F)cc1)c1ccc(Br)s1. The predicted molar refractivity (Wildman–Crippen MR) is 74.4 cm³/mol. The highest BCUT2D eigenvalue weighted by Gasteiger charge is 2.30. The summed E-state index contributed by atoms with van der Waals surface area (Å²) in [5.74, 6) is 0. The van der Waals surface area contributed by atoms with E-state index in [4.69, 9.17) is 0 Å². The zero-order valence-corrected chi connectivity index (χ0v) is 12.4. The van der Waals surface area contributed by atoms with Crippen LogP contribution in [0.1, 0.15) is 22.0 Å². The molecule has 19 heavy (non-hydrogen) atoms. The van der Waals surface area contributed by atoms with Gasteiger partial charge in [-0.15, -0.1) is 11.3 Å². The van der Waals surface area contributed by atoms with E-state index < -0.39 is 11.7 Å². The van der Waals surface area contributed by atoms with Gasteiger partial charge in [0.15, 0.2) is 0 Å². The Morgan fingerprint density at radius 1 is 1.11 bits per heavy atom. The summed E-state index contributed by atoms with van der Waals surface area (Å²) in [6.45, 7) is 0. The fourth-order valence-corrected chi connectivity index (χ4v) is 3.38. The Morgan fingerprint density at radius 3 is 2.16 bits per heavy atom. The van der Waals surface area contributed by atoms with Crippen molar-refractivity contribution in [1.29, 1.82) is 0 Å². The van der Waals surface area contributed by atoms with Gasteiger partial charge in [0.05, 0.1) is 15.4 Å². The maximum absolute atomic E-state index is 12.5. The van der Waals surface area contributed by atoms with Gasteiger partial charge in [0.1, 0.15) is 0 Å². The van der Waals surface area contributed by atoms with Gasteiger partial charge in [-0.25, -0.2) is 0 Å². The molecule has 0 saturated carbocycles. The number of alkyl halides is 3. The molecule has 0 spiro atoms. The van der Waals surface area contributed by atoms with Crippen molar-refractivity contribution in [2.75, 3.05) is 7.05 Å². The van der Waals surface area contributed by atoms with Crippen molar-refractivity contribution in [3.63, 3.8) is 0 Å². The first kappa shape index (κ1) is 14.6. The quantitative estimate of drug-likeness (QED) is 0.835. The summed E-state index contributed by atoms with van der Waals surface area (Å²) >= 11 is 4.94. The number of thiophene rings is 1. The maximum atomic E-state index is 12.5. The minimum Gasteiger partial charge on any atom is -0.309 e. The first-order valence-electron chi connectivity index (χ1n) is 5.51. The highest BCUT2D eigenvalue weighted by Crippen LogP contribution is 2.33. The Hall–Kier alpha value is -0.850. The Labute approximate surface area is 121 Å². The fraction of sp³-hybridized carbons (Fsp3) is 0.231. The summed E-state index contributed by atoms with van der Waals surface area (Å²) in [6, 6.07) is 9.03. The van der Waals surface area contributed by atoms with E-state index in [9.17, 15) is 13.2 Å². The Kier molecular flexibility index (Phi) is 4.32. The minimum atomic E-state index is -4.29. The fourth-order valence-electron chi connectivity index (χ4n) is 1.82. The second-order valence-electron chi connectivity index (χ2n) is 3.98. The van der Waals surface area contributed by atoms with E-state index in [1.54, 1.807) is 18.4 Å². The number of halogens is 4. The molecule has 102 valence electrons. The van der Waals surface area contributed by atoms with Crippen molar-refractivity contribution >= 4 is 27.3 Å². The minimum absolute atomic E-state index is 0.0985.